The molecular weight excluding hydrogens is 414 g/mol. The van der Waals surface area contributed by atoms with Crippen LogP contribution >= 0.6 is 23.7 Å². The van der Waals surface area contributed by atoms with Crippen molar-refractivity contribution in [1.82, 2.24) is 15.1 Å². The molecule has 0 aliphatic carbocycles. The third kappa shape index (κ3) is 3.59. The predicted molar refractivity (Wildman–Crippen MR) is 112 cm³/mol. The molecule has 5 rings (SSSR count). The molecule has 3 fully saturated rings. The van der Waals surface area contributed by atoms with Gasteiger partial charge in [0.05, 0.1) is 42.3 Å². The Hall–Kier alpha value is -1.19. The Morgan fingerprint density at radius 2 is 2.07 bits per heavy atom. The van der Waals surface area contributed by atoms with Crippen LogP contribution in [-0.2, 0) is 26.3 Å². The van der Waals surface area contributed by atoms with Gasteiger partial charge in [0.2, 0.25) is 5.91 Å². The van der Waals surface area contributed by atoms with Crippen LogP contribution in [0.5, 0.6) is 0 Å². The molecule has 0 aromatic carbocycles. The molecule has 2 amide bonds. The fourth-order valence-electron chi connectivity index (χ4n) is 4.99. The molecule has 0 saturated carbocycles. The van der Waals surface area contributed by atoms with Gasteiger partial charge in [0.15, 0.2) is 0 Å². The average molecular weight is 442 g/mol. The zero-order chi connectivity index (χ0) is 19.3. The fraction of sp³-hybridized carbons (Fsp3) is 0.700. The number of fused-ring (bicyclic) bond motifs is 5. The normalized spacial score (nSPS) is 28.5. The van der Waals surface area contributed by atoms with Crippen molar-refractivity contribution in [3.05, 3.63) is 21.4 Å². The molecule has 2 bridgehead atoms. The zero-order valence-corrected chi connectivity index (χ0v) is 18.3. The lowest BCUT2D eigenvalue weighted by atomic mass is 9.83. The highest BCUT2D eigenvalue weighted by Gasteiger charge is 2.42. The Kier molecular flexibility index (Phi) is 5.92. The quantitative estimate of drug-likeness (QED) is 0.710. The van der Waals surface area contributed by atoms with E-state index in [1.807, 2.05) is 11.9 Å². The SMILES string of the molecule is CN1C(=O)[C@H]2COC[C@@H]1CN(C(=O)c1cc3c(s1)CCOC31CCNCC1)C2.Cl. The molecule has 3 saturated heterocycles. The van der Waals surface area contributed by atoms with E-state index in [9.17, 15) is 9.59 Å². The van der Waals surface area contributed by atoms with Crippen molar-refractivity contribution in [3.8, 4) is 0 Å². The molecule has 1 N–H and O–H groups in total. The van der Waals surface area contributed by atoms with Crippen LogP contribution in [-0.4, -0.2) is 80.7 Å². The van der Waals surface area contributed by atoms with E-state index in [2.05, 4.69) is 11.4 Å². The minimum absolute atomic E-state index is 0. The molecule has 1 aromatic rings. The number of ether oxygens (including phenoxy) is 2. The molecule has 5 heterocycles. The first kappa shape index (κ1) is 21.1. The van der Waals surface area contributed by atoms with Crippen molar-refractivity contribution in [2.75, 3.05) is 53.0 Å². The first-order valence-electron chi connectivity index (χ1n) is 10.2. The van der Waals surface area contributed by atoms with E-state index in [0.29, 0.717) is 26.3 Å². The van der Waals surface area contributed by atoms with Gasteiger partial charge in [-0.2, -0.15) is 0 Å². The van der Waals surface area contributed by atoms with Gasteiger partial charge >= 0.3 is 0 Å². The van der Waals surface area contributed by atoms with Crippen molar-refractivity contribution >= 4 is 35.6 Å². The number of halogens is 1. The van der Waals surface area contributed by atoms with Gasteiger partial charge in [-0.25, -0.2) is 0 Å². The maximum atomic E-state index is 13.4. The Balaban J connectivity index is 0.00000205. The minimum atomic E-state index is -0.268. The molecule has 1 spiro atoms. The molecule has 9 heteroatoms. The van der Waals surface area contributed by atoms with Crippen LogP contribution in [0.15, 0.2) is 6.07 Å². The summed E-state index contributed by atoms with van der Waals surface area (Å²) >= 11 is 1.62. The Morgan fingerprint density at radius 1 is 1.28 bits per heavy atom. The number of amides is 2. The van der Waals surface area contributed by atoms with Crippen LogP contribution in [0, 0.1) is 5.92 Å². The molecule has 4 aliphatic heterocycles. The molecule has 0 radical (unpaired) electrons. The molecule has 7 nitrogen and oxygen atoms in total. The van der Waals surface area contributed by atoms with E-state index in [0.717, 1.165) is 43.8 Å². The maximum absolute atomic E-state index is 13.4. The van der Waals surface area contributed by atoms with Gasteiger partial charge in [-0.1, -0.05) is 0 Å². The molecule has 160 valence electrons. The second kappa shape index (κ2) is 8.15. The van der Waals surface area contributed by atoms with Crippen molar-refractivity contribution < 1.29 is 19.1 Å². The van der Waals surface area contributed by atoms with Gasteiger partial charge < -0.3 is 24.6 Å². The summed E-state index contributed by atoms with van der Waals surface area (Å²) in [6.45, 7) is 4.48. The third-order valence-corrected chi connectivity index (χ3v) is 7.85. The van der Waals surface area contributed by atoms with Crippen LogP contribution in [0.3, 0.4) is 0 Å². The minimum Gasteiger partial charge on any atom is -0.378 e. The van der Waals surface area contributed by atoms with E-state index in [1.165, 1.54) is 10.4 Å². The zero-order valence-electron chi connectivity index (χ0n) is 16.6. The number of carbonyl (C=O) groups is 2. The van der Waals surface area contributed by atoms with E-state index in [4.69, 9.17) is 9.47 Å². The monoisotopic (exact) mass is 441 g/mol. The second-order valence-corrected chi connectivity index (χ2v) is 9.47. The van der Waals surface area contributed by atoms with Crippen molar-refractivity contribution in [2.24, 2.45) is 5.92 Å². The van der Waals surface area contributed by atoms with Crippen molar-refractivity contribution in [2.45, 2.75) is 30.9 Å². The number of likely N-dealkylation sites (N-methyl/N-ethyl adjacent to an activating group) is 1. The Morgan fingerprint density at radius 3 is 2.86 bits per heavy atom. The second-order valence-electron chi connectivity index (χ2n) is 8.34. The number of hydrogen-bond acceptors (Lipinski definition) is 6. The van der Waals surface area contributed by atoms with Gasteiger partial charge in [0.1, 0.15) is 0 Å². The number of carbonyl (C=O) groups excluding carboxylic acids is 2. The lowest BCUT2D eigenvalue weighted by Gasteiger charge is -2.40. The Labute approximate surface area is 181 Å². The fourth-order valence-corrected chi connectivity index (χ4v) is 6.19. The number of hydrogen-bond donors (Lipinski definition) is 1. The summed E-state index contributed by atoms with van der Waals surface area (Å²) in [6, 6.07) is 2.01. The lowest BCUT2D eigenvalue weighted by Crippen LogP contribution is -2.45. The summed E-state index contributed by atoms with van der Waals surface area (Å²) in [5.41, 5.74) is 0.993. The van der Waals surface area contributed by atoms with Gasteiger partial charge in [-0.3, -0.25) is 9.59 Å². The van der Waals surface area contributed by atoms with Gasteiger partial charge in [-0.05, 0) is 37.6 Å². The summed E-state index contributed by atoms with van der Waals surface area (Å²) in [5, 5.41) is 3.41. The highest BCUT2D eigenvalue weighted by molar-refractivity contribution is 7.14. The molecule has 1 aromatic heterocycles. The molecule has 29 heavy (non-hydrogen) atoms. The third-order valence-electron chi connectivity index (χ3n) is 6.66. The number of nitrogens with zero attached hydrogens (tertiary/aromatic N) is 2. The first-order chi connectivity index (χ1) is 13.6. The first-order valence-corrected chi connectivity index (χ1v) is 11.0. The smallest absolute Gasteiger partial charge is 0.264 e. The highest BCUT2D eigenvalue weighted by Crippen LogP contribution is 2.43. The lowest BCUT2D eigenvalue weighted by molar-refractivity contribution is -0.133. The summed E-state index contributed by atoms with van der Waals surface area (Å²) < 4.78 is 11.9. The van der Waals surface area contributed by atoms with Gasteiger partial charge in [0, 0.05) is 31.4 Å². The van der Waals surface area contributed by atoms with Crippen molar-refractivity contribution in [1.29, 1.82) is 0 Å². The molecular formula is C20H28ClN3O4S. The summed E-state index contributed by atoms with van der Waals surface area (Å²) in [5.74, 6) is -0.135. The number of piperidine rings is 1. The highest BCUT2D eigenvalue weighted by atomic mass is 35.5. The summed E-state index contributed by atoms with van der Waals surface area (Å²) in [7, 11) is 1.82. The average Bonchev–Trinajstić information content (AvgIpc) is 3.04. The number of nitrogens with one attached hydrogen (secondary N) is 1. The number of thiophene rings is 1. The number of rotatable bonds is 1. The molecule has 2 atom stereocenters. The summed E-state index contributed by atoms with van der Waals surface area (Å²) in [4.78, 5) is 31.7. The topological polar surface area (TPSA) is 71.1 Å². The molecule has 0 unspecified atom stereocenters. The molecule has 4 aliphatic rings. The van der Waals surface area contributed by atoms with Gasteiger partial charge in [0.25, 0.3) is 5.91 Å². The van der Waals surface area contributed by atoms with E-state index in [-0.39, 0.29) is 41.8 Å². The van der Waals surface area contributed by atoms with E-state index in [1.54, 1.807) is 16.2 Å². The summed E-state index contributed by atoms with van der Waals surface area (Å²) in [6.07, 6.45) is 2.78. The predicted octanol–water partition coefficient (Wildman–Crippen LogP) is 1.25. The maximum Gasteiger partial charge on any atom is 0.264 e. The van der Waals surface area contributed by atoms with E-state index < -0.39 is 0 Å². The standard InChI is InChI=1S/C20H27N3O4S.ClH/c1-22-14-10-23(9-13(18(22)24)11-26-12-14)19(25)17-8-15-16(28-17)2-7-27-20(15)3-5-21-6-4-20;/h8,13-14,21H,2-7,9-12H2,1H3;1H/t13-,14+;/m1./s1. The van der Waals surface area contributed by atoms with Gasteiger partial charge in [-0.15, -0.1) is 23.7 Å². The largest absolute Gasteiger partial charge is 0.378 e. The Bertz CT molecular complexity index is 795. The van der Waals surface area contributed by atoms with Crippen LogP contribution in [0.2, 0.25) is 0 Å². The van der Waals surface area contributed by atoms with Crippen LogP contribution < -0.4 is 5.32 Å². The van der Waals surface area contributed by atoms with E-state index >= 15 is 0 Å². The van der Waals surface area contributed by atoms with Crippen LogP contribution in [0.25, 0.3) is 0 Å². The van der Waals surface area contributed by atoms with Crippen molar-refractivity contribution in [3.63, 3.8) is 0 Å². The van der Waals surface area contributed by atoms with Crippen LogP contribution in [0.4, 0.5) is 0 Å². The van der Waals surface area contributed by atoms with Crippen LogP contribution in [0.1, 0.15) is 33.0 Å².